The summed E-state index contributed by atoms with van der Waals surface area (Å²) in [6, 6.07) is 5.99. The van der Waals surface area contributed by atoms with Crippen molar-refractivity contribution in [3.8, 4) is 11.5 Å². The molecule has 2 aliphatic carbocycles. The lowest BCUT2D eigenvalue weighted by Crippen LogP contribution is -2.13. The number of carbonyl (C=O) groups is 1. The first-order valence-electron chi connectivity index (χ1n) is 8.79. The zero-order chi connectivity index (χ0) is 16.8. The molecule has 2 bridgehead atoms. The van der Waals surface area contributed by atoms with Gasteiger partial charge in [0, 0.05) is 21.9 Å². The molecule has 1 saturated carbocycles. The Morgan fingerprint density at radius 3 is 2.62 bits per heavy atom. The Kier molecular flexibility index (Phi) is 3.63. The second-order valence-electron chi connectivity index (χ2n) is 6.73. The summed E-state index contributed by atoms with van der Waals surface area (Å²) in [7, 11) is 0. The van der Waals surface area contributed by atoms with Gasteiger partial charge in [0.05, 0.1) is 6.61 Å². The number of phenols is 1. The fraction of sp³-hybridized carbons (Fsp3) is 0.450. The molecule has 4 rings (SSSR count). The molecule has 126 valence electrons. The lowest BCUT2D eigenvalue weighted by molar-refractivity contribution is 0.104. The molecule has 2 aromatic carbocycles. The van der Waals surface area contributed by atoms with Gasteiger partial charge in [0.1, 0.15) is 11.5 Å². The number of hydrogen-bond acceptors (Lipinski definition) is 4. The van der Waals surface area contributed by atoms with Crippen molar-refractivity contribution in [1.82, 2.24) is 0 Å². The van der Waals surface area contributed by atoms with E-state index in [1.54, 1.807) is 6.92 Å². The van der Waals surface area contributed by atoms with Crippen molar-refractivity contribution in [2.75, 3.05) is 6.61 Å². The quantitative estimate of drug-likeness (QED) is 0.636. The number of aromatic hydroxyl groups is 1. The van der Waals surface area contributed by atoms with Crippen molar-refractivity contribution in [1.29, 1.82) is 0 Å². The highest BCUT2D eigenvalue weighted by Crippen LogP contribution is 2.60. The molecule has 4 nitrogen and oxygen atoms in total. The van der Waals surface area contributed by atoms with E-state index >= 15 is 0 Å². The van der Waals surface area contributed by atoms with Gasteiger partial charge in [0.25, 0.3) is 0 Å². The van der Waals surface area contributed by atoms with Gasteiger partial charge in [-0.1, -0.05) is 19.1 Å². The fourth-order valence-corrected chi connectivity index (χ4v) is 4.41. The van der Waals surface area contributed by atoms with Crippen LogP contribution in [0.15, 0.2) is 18.2 Å². The second kappa shape index (κ2) is 5.69. The van der Waals surface area contributed by atoms with Gasteiger partial charge in [-0.05, 0) is 56.1 Å². The average molecular weight is 326 g/mol. The smallest absolute Gasteiger partial charge is 0.507 e. The Morgan fingerprint density at radius 1 is 1.17 bits per heavy atom. The number of aryl methyl sites for hydroxylation is 1. The molecule has 0 saturated heterocycles. The lowest BCUT2D eigenvalue weighted by atomic mass is 9.87. The molecule has 2 unspecified atom stereocenters. The van der Waals surface area contributed by atoms with E-state index in [1.165, 1.54) is 0 Å². The molecule has 0 amide bonds. The molecular weight excluding hydrogens is 304 g/mol. The number of ether oxygens (including phenoxy) is 2. The van der Waals surface area contributed by atoms with Crippen LogP contribution >= 0.6 is 0 Å². The van der Waals surface area contributed by atoms with Crippen LogP contribution in [-0.2, 0) is 11.2 Å². The van der Waals surface area contributed by atoms with Crippen molar-refractivity contribution in [3.63, 3.8) is 0 Å². The van der Waals surface area contributed by atoms with E-state index in [0.29, 0.717) is 23.3 Å². The van der Waals surface area contributed by atoms with E-state index in [2.05, 4.69) is 6.92 Å². The van der Waals surface area contributed by atoms with Crippen LogP contribution in [0.4, 0.5) is 4.79 Å². The molecular formula is C20H22O4. The summed E-state index contributed by atoms with van der Waals surface area (Å²) < 4.78 is 10.6. The zero-order valence-electron chi connectivity index (χ0n) is 14.1. The van der Waals surface area contributed by atoms with Gasteiger partial charge >= 0.3 is 6.16 Å². The minimum atomic E-state index is -0.670. The largest absolute Gasteiger partial charge is 0.513 e. The van der Waals surface area contributed by atoms with Crippen LogP contribution in [-0.4, -0.2) is 17.9 Å². The number of phenolic OH excluding ortho intramolecular Hbond substituents is 1. The van der Waals surface area contributed by atoms with Crippen molar-refractivity contribution in [3.05, 3.63) is 34.9 Å². The summed E-state index contributed by atoms with van der Waals surface area (Å²) in [6.45, 7) is 4.13. The number of carbonyl (C=O) groups excluding carboxylic acids is 1. The highest BCUT2D eigenvalue weighted by Gasteiger charge is 2.42. The maximum Gasteiger partial charge on any atom is 0.513 e. The third-order valence-corrected chi connectivity index (χ3v) is 5.48. The summed E-state index contributed by atoms with van der Waals surface area (Å²) in [5.41, 5.74) is 3.17. The molecule has 0 radical (unpaired) electrons. The Labute approximate surface area is 141 Å². The highest BCUT2D eigenvalue weighted by atomic mass is 16.7. The molecule has 2 aliphatic rings. The van der Waals surface area contributed by atoms with Crippen LogP contribution in [0.25, 0.3) is 10.8 Å². The van der Waals surface area contributed by atoms with Crippen molar-refractivity contribution < 1.29 is 19.4 Å². The summed E-state index contributed by atoms with van der Waals surface area (Å²) in [4.78, 5) is 12.0. The highest BCUT2D eigenvalue weighted by molar-refractivity contribution is 5.98. The molecule has 2 atom stereocenters. The van der Waals surface area contributed by atoms with E-state index in [9.17, 15) is 9.90 Å². The van der Waals surface area contributed by atoms with Gasteiger partial charge in [-0.3, -0.25) is 0 Å². The predicted molar refractivity (Wildman–Crippen MR) is 92.0 cm³/mol. The summed E-state index contributed by atoms with van der Waals surface area (Å²) >= 11 is 0. The Morgan fingerprint density at radius 2 is 1.92 bits per heavy atom. The van der Waals surface area contributed by atoms with Gasteiger partial charge in [-0.2, -0.15) is 0 Å². The first-order valence-corrected chi connectivity index (χ1v) is 8.79. The molecule has 1 N–H and O–H groups in total. The van der Waals surface area contributed by atoms with E-state index in [4.69, 9.17) is 9.47 Å². The molecule has 0 aromatic heterocycles. The number of hydrogen-bond donors (Lipinski definition) is 1. The predicted octanol–water partition coefficient (Wildman–Crippen LogP) is 5.01. The minimum Gasteiger partial charge on any atom is -0.507 e. The average Bonchev–Trinajstić information content (AvgIpc) is 3.20. The molecule has 24 heavy (non-hydrogen) atoms. The van der Waals surface area contributed by atoms with E-state index in [1.807, 2.05) is 18.2 Å². The van der Waals surface area contributed by atoms with Crippen LogP contribution in [0.2, 0.25) is 0 Å². The van der Waals surface area contributed by atoms with E-state index in [0.717, 1.165) is 53.1 Å². The van der Waals surface area contributed by atoms with Gasteiger partial charge in [0.15, 0.2) is 0 Å². The standard InChI is InChI=1S/C20H22O4/c1-3-11-5-8-14-15(9-11)19(24-20(22)23-4-2)17-13-7-6-12(10-13)16(17)18(14)21/h5,8-9,12-13,21H,3-4,6-7,10H2,1-2H3. The van der Waals surface area contributed by atoms with Gasteiger partial charge in [-0.15, -0.1) is 0 Å². The molecule has 0 heterocycles. The maximum absolute atomic E-state index is 12.0. The Balaban J connectivity index is 1.97. The molecule has 2 aromatic rings. The topological polar surface area (TPSA) is 55.8 Å². The lowest BCUT2D eigenvalue weighted by Gasteiger charge is -2.22. The SMILES string of the molecule is CCOC(=O)Oc1c2c(c(O)c3ccc(CC)cc13)C1CCC2C1. The summed E-state index contributed by atoms with van der Waals surface area (Å²) in [6.07, 6.45) is 3.45. The minimum absolute atomic E-state index is 0.281. The van der Waals surface area contributed by atoms with Crippen molar-refractivity contribution >= 4 is 16.9 Å². The van der Waals surface area contributed by atoms with Crippen LogP contribution in [0, 0.1) is 0 Å². The second-order valence-corrected chi connectivity index (χ2v) is 6.73. The molecule has 4 heteroatoms. The van der Waals surface area contributed by atoms with E-state index < -0.39 is 6.16 Å². The summed E-state index contributed by atoms with van der Waals surface area (Å²) in [5, 5.41) is 12.4. The number of rotatable bonds is 3. The third-order valence-electron chi connectivity index (χ3n) is 5.48. The molecule has 0 aliphatic heterocycles. The van der Waals surface area contributed by atoms with E-state index in [-0.39, 0.29) is 6.61 Å². The normalized spacial score (nSPS) is 21.1. The molecule has 0 spiro atoms. The van der Waals surface area contributed by atoms with Gasteiger partial charge < -0.3 is 14.6 Å². The Hall–Kier alpha value is -2.23. The number of fused-ring (bicyclic) bond motifs is 6. The van der Waals surface area contributed by atoms with Gasteiger partial charge in [-0.25, -0.2) is 4.79 Å². The first-order chi connectivity index (χ1) is 11.6. The zero-order valence-corrected chi connectivity index (χ0v) is 14.1. The maximum atomic E-state index is 12.0. The monoisotopic (exact) mass is 326 g/mol. The van der Waals surface area contributed by atoms with Crippen molar-refractivity contribution in [2.24, 2.45) is 0 Å². The third kappa shape index (κ3) is 2.16. The summed E-state index contributed by atoms with van der Waals surface area (Å²) in [5.74, 6) is 1.71. The van der Waals surface area contributed by atoms with Crippen molar-refractivity contribution in [2.45, 2.75) is 51.4 Å². The number of benzene rings is 2. The van der Waals surface area contributed by atoms with Crippen LogP contribution < -0.4 is 4.74 Å². The Bertz CT molecular complexity index is 824. The molecule has 1 fully saturated rings. The fourth-order valence-electron chi connectivity index (χ4n) is 4.41. The van der Waals surface area contributed by atoms with Gasteiger partial charge in [0.2, 0.25) is 0 Å². The van der Waals surface area contributed by atoms with Crippen LogP contribution in [0.1, 0.15) is 61.6 Å². The first kappa shape index (κ1) is 15.3. The van der Waals surface area contributed by atoms with Crippen LogP contribution in [0.3, 0.4) is 0 Å². The van der Waals surface area contributed by atoms with Crippen LogP contribution in [0.5, 0.6) is 11.5 Å².